The van der Waals surface area contributed by atoms with Gasteiger partial charge < -0.3 is 15.3 Å². The van der Waals surface area contributed by atoms with Crippen LogP contribution in [0.3, 0.4) is 0 Å². The van der Waals surface area contributed by atoms with Gasteiger partial charge in [-0.2, -0.15) is 0 Å². The lowest BCUT2D eigenvalue weighted by atomic mass is 9.84. The number of carboxylic acids is 1. The van der Waals surface area contributed by atoms with E-state index >= 15 is 0 Å². The average molecular weight is 200 g/mol. The van der Waals surface area contributed by atoms with E-state index in [0.29, 0.717) is 12.5 Å². The van der Waals surface area contributed by atoms with Crippen molar-refractivity contribution < 1.29 is 9.90 Å². The summed E-state index contributed by atoms with van der Waals surface area (Å²) in [6.45, 7) is 2.64. The standard InChI is InChI=1S/C10H20N2O2/c1-11-7-9(10(13)14)8-3-5-12(2)6-4-8/h8-9,11H,3-7H2,1-2H3,(H,13,14). The number of hydrogen-bond acceptors (Lipinski definition) is 3. The van der Waals surface area contributed by atoms with Crippen LogP contribution >= 0.6 is 0 Å². The SMILES string of the molecule is CNCC(C(=O)O)C1CCN(C)CC1. The highest BCUT2D eigenvalue weighted by Gasteiger charge is 2.29. The molecule has 0 aromatic heterocycles. The lowest BCUT2D eigenvalue weighted by Gasteiger charge is -2.32. The van der Waals surface area contributed by atoms with Crippen LogP contribution in [0, 0.1) is 11.8 Å². The predicted octanol–water partition coefficient (Wildman–Crippen LogP) is 0.248. The highest BCUT2D eigenvalue weighted by atomic mass is 16.4. The molecule has 2 N–H and O–H groups in total. The normalized spacial score (nSPS) is 22.1. The molecule has 0 saturated carbocycles. The Balaban J connectivity index is 2.47. The molecule has 1 aliphatic rings. The molecule has 1 fully saturated rings. The first-order valence-electron chi connectivity index (χ1n) is 5.21. The van der Waals surface area contributed by atoms with Gasteiger partial charge in [-0.1, -0.05) is 0 Å². The molecule has 4 heteroatoms. The maximum absolute atomic E-state index is 11.0. The van der Waals surface area contributed by atoms with E-state index in [4.69, 9.17) is 5.11 Å². The lowest BCUT2D eigenvalue weighted by Crippen LogP contribution is -2.39. The van der Waals surface area contributed by atoms with E-state index in [1.807, 2.05) is 7.05 Å². The Kier molecular flexibility index (Phi) is 4.35. The van der Waals surface area contributed by atoms with Crippen molar-refractivity contribution in [2.45, 2.75) is 12.8 Å². The van der Waals surface area contributed by atoms with Gasteiger partial charge in [-0.15, -0.1) is 0 Å². The molecule has 1 aliphatic heterocycles. The number of nitrogens with one attached hydrogen (secondary N) is 1. The van der Waals surface area contributed by atoms with E-state index in [1.165, 1.54) is 0 Å². The van der Waals surface area contributed by atoms with Crippen molar-refractivity contribution in [2.24, 2.45) is 11.8 Å². The Bertz CT molecular complexity index is 189. The molecule has 0 amide bonds. The Morgan fingerprint density at radius 1 is 1.57 bits per heavy atom. The van der Waals surface area contributed by atoms with Crippen molar-refractivity contribution in [3.63, 3.8) is 0 Å². The molecule has 82 valence electrons. The highest BCUT2D eigenvalue weighted by Crippen LogP contribution is 2.24. The molecular weight excluding hydrogens is 180 g/mol. The van der Waals surface area contributed by atoms with Crippen molar-refractivity contribution >= 4 is 5.97 Å². The van der Waals surface area contributed by atoms with Crippen LogP contribution in [-0.4, -0.2) is 49.7 Å². The van der Waals surface area contributed by atoms with E-state index < -0.39 is 5.97 Å². The summed E-state index contributed by atoms with van der Waals surface area (Å²) >= 11 is 0. The summed E-state index contributed by atoms with van der Waals surface area (Å²) in [5, 5.41) is 12.0. The number of piperidine rings is 1. The van der Waals surface area contributed by atoms with Crippen molar-refractivity contribution in [1.82, 2.24) is 10.2 Å². The molecule has 1 saturated heterocycles. The van der Waals surface area contributed by atoms with Crippen LogP contribution in [0.2, 0.25) is 0 Å². The van der Waals surface area contributed by atoms with Crippen molar-refractivity contribution in [1.29, 1.82) is 0 Å². The number of hydrogen-bond donors (Lipinski definition) is 2. The van der Waals surface area contributed by atoms with Gasteiger partial charge in [0.1, 0.15) is 0 Å². The molecule has 1 unspecified atom stereocenters. The number of nitrogens with zero attached hydrogens (tertiary/aromatic N) is 1. The fourth-order valence-corrected chi connectivity index (χ4v) is 2.11. The monoisotopic (exact) mass is 200 g/mol. The number of carboxylic acid groups (broad SMARTS) is 1. The zero-order chi connectivity index (χ0) is 10.6. The Hall–Kier alpha value is -0.610. The Labute approximate surface area is 85.3 Å². The Morgan fingerprint density at radius 3 is 2.57 bits per heavy atom. The molecule has 1 rings (SSSR count). The smallest absolute Gasteiger partial charge is 0.308 e. The molecule has 0 spiro atoms. The molecule has 14 heavy (non-hydrogen) atoms. The van der Waals surface area contributed by atoms with Crippen LogP contribution in [0.4, 0.5) is 0 Å². The largest absolute Gasteiger partial charge is 0.481 e. The van der Waals surface area contributed by atoms with Crippen LogP contribution in [0.25, 0.3) is 0 Å². The maximum Gasteiger partial charge on any atom is 0.308 e. The van der Waals surface area contributed by atoms with Gasteiger partial charge in [-0.25, -0.2) is 0 Å². The second-order valence-corrected chi connectivity index (χ2v) is 4.14. The quantitative estimate of drug-likeness (QED) is 0.683. The summed E-state index contributed by atoms with van der Waals surface area (Å²) in [7, 11) is 3.90. The molecular formula is C10H20N2O2. The van der Waals surface area contributed by atoms with Gasteiger partial charge in [-0.3, -0.25) is 4.79 Å². The van der Waals surface area contributed by atoms with E-state index in [0.717, 1.165) is 25.9 Å². The average Bonchev–Trinajstić information content (AvgIpc) is 2.15. The minimum absolute atomic E-state index is 0.214. The van der Waals surface area contributed by atoms with E-state index in [2.05, 4.69) is 17.3 Å². The van der Waals surface area contributed by atoms with E-state index in [1.54, 1.807) is 0 Å². The Morgan fingerprint density at radius 2 is 2.14 bits per heavy atom. The van der Waals surface area contributed by atoms with Crippen molar-refractivity contribution in [3.8, 4) is 0 Å². The van der Waals surface area contributed by atoms with Crippen molar-refractivity contribution in [3.05, 3.63) is 0 Å². The number of carbonyl (C=O) groups is 1. The van der Waals surface area contributed by atoms with Crippen LogP contribution < -0.4 is 5.32 Å². The van der Waals surface area contributed by atoms with Gasteiger partial charge >= 0.3 is 5.97 Å². The summed E-state index contributed by atoms with van der Waals surface area (Å²) in [6, 6.07) is 0. The third-order valence-electron chi connectivity index (χ3n) is 3.07. The third kappa shape index (κ3) is 2.96. The minimum Gasteiger partial charge on any atom is -0.481 e. The molecule has 4 nitrogen and oxygen atoms in total. The van der Waals surface area contributed by atoms with Gasteiger partial charge in [0.25, 0.3) is 0 Å². The van der Waals surface area contributed by atoms with Crippen LogP contribution in [-0.2, 0) is 4.79 Å². The summed E-state index contributed by atoms with van der Waals surface area (Å²) in [6.07, 6.45) is 2.02. The summed E-state index contributed by atoms with van der Waals surface area (Å²) in [5.74, 6) is -0.529. The second-order valence-electron chi connectivity index (χ2n) is 4.14. The van der Waals surface area contributed by atoms with Crippen LogP contribution in [0.5, 0.6) is 0 Å². The predicted molar refractivity (Wildman–Crippen MR) is 55.3 cm³/mol. The van der Waals surface area contributed by atoms with Crippen LogP contribution in [0.15, 0.2) is 0 Å². The fraction of sp³-hybridized carbons (Fsp3) is 0.900. The molecule has 0 bridgehead atoms. The maximum atomic E-state index is 11.0. The fourth-order valence-electron chi connectivity index (χ4n) is 2.11. The first-order valence-corrected chi connectivity index (χ1v) is 5.21. The zero-order valence-corrected chi connectivity index (χ0v) is 8.99. The summed E-state index contributed by atoms with van der Waals surface area (Å²) < 4.78 is 0. The third-order valence-corrected chi connectivity index (χ3v) is 3.07. The molecule has 0 radical (unpaired) electrons. The summed E-state index contributed by atoms with van der Waals surface area (Å²) in [5.41, 5.74) is 0. The summed E-state index contributed by atoms with van der Waals surface area (Å²) in [4.78, 5) is 13.3. The minimum atomic E-state index is -0.658. The van der Waals surface area contributed by atoms with E-state index in [-0.39, 0.29) is 5.92 Å². The van der Waals surface area contributed by atoms with Gasteiger partial charge in [0.05, 0.1) is 5.92 Å². The number of likely N-dealkylation sites (tertiary alicyclic amines) is 1. The molecule has 1 atom stereocenters. The molecule has 0 aromatic rings. The van der Waals surface area contributed by atoms with Crippen molar-refractivity contribution in [2.75, 3.05) is 33.7 Å². The second kappa shape index (κ2) is 5.32. The number of rotatable bonds is 4. The number of aliphatic carboxylic acids is 1. The highest BCUT2D eigenvalue weighted by molar-refractivity contribution is 5.70. The van der Waals surface area contributed by atoms with E-state index in [9.17, 15) is 4.79 Å². The first kappa shape index (κ1) is 11.5. The first-order chi connectivity index (χ1) is 6.65. The molecule has 0 aromatic carbocycles. The van der Waals surface area contributed by atoms with Crippen LogP contribution in [0.1, 0.15) is 12.8 Å². The van der Waals surface area contributed by atoms with Gasteiger partial charge in [0, 0.05) is 6.54 Å². The molecule has 0 aliphatic carbocycles. The topological polar surface area (TPSA) is 52.6 Å². The lowest BCUT2D eigenvalue weighted by molar-refractivity contribution is -0.144. The van der Waals surface area contributed by atoms with Gasteiger partial charge in [-0.05, 0) is 45.9 Å². The van der Waals surface area contributed by atoms with Gasteiger partial charge in [0.2, 0.25) is 0 Å². The molecule has 1 heterocycles. The van der Waals surface area contributed by atoms with Gasteiger partial charge in [0.15, 0.2) is 0 Å². The zero-order valence-electron chi connectivity index (χ0n) is 8.99.